The summed E-state index contributed by atoms with van der Waals surface area (Å²) in [6.07, 6.45) is 3.02. The molecule has 5 heteroatoms. The SMILES string of the molecule is CCNC(=O)CCNC(C)CCCC(C)C(=O)O. The Morgan fingerprint density at radius 1 is 1.22 bits per heavy atom. The van der Waals surface area contributed by atoms with Crippen LogP contribution in [0.15, 0.2) is 0 Å². The van der Waals surface area contributed by atoms with Crippen LogP contribution in [0.25, 0.3) is 0 Å². The van der Waals surface area contributed by atoms with Crippen LogP contribution in [-0.4, -0.2) is 36.1 Å². The van der Waals surface area contributed by atoms with E-state index in [2.05, 4.69) is 17.6 Å². The Morgan fingerprint density at radius 2 is 1.89 bits per heavy atom. The van der Waals surface area contributed by atoms with Crippen molar-refractivity contribution >= 4 is 11.9 Å². The molecule has 1 amide bonds. The van der Waals surface area contributed by atoms with E-state index >= 15 is 0 Å². The molecule has 106 valence electrons. The Bertz CT molecular complexity index is 257. The van der Waals surface area contributed by atoms with E-state index in [0.717, 1.165) is 12.8 Å². The van der Waals surface area contributed by atoms with E-state index in [1.165, 1.54) is 0 Å². The lowest BCUT2D eigenvalue weighted by Crippen LogP contribution is -2.32. The number of rotatable bonds is 10. The molecule has 0 rings (SSSR count). The Morgan fingerprint density at radius 3 is 2.44 bits per heavy atom. The number of carboxylic acid groups (broad SMARTS) is 1. The lowest BCUT2D eigenvalue weighted by atomic mass is 10.0. The predicted molar refractivity (Wildman–Crippen MR) is 71.4 cm³/mol. The van der Waals surface area contributed by atoms with Gasteiger partial charge < -0.3 is 15.7 Å². The summed E-state index contributed by atoms with van der Waals surface area (Å²) in [5.74, 6) is -0.934. The summed E-state index contributed by atoms with van der Waals surface area (Å²) in [4.78, 5) is 21.8. The molecular formula is C13H26N2O3. The Balaban J connectivity index is 3.51. The Kier molecular flexibility index (Phi) is 9.28. The predicted octanol–water partition coefficient (Wildman–Crippen LogP) is 1.38. The highest BCUT2D eigenvalue weighted by Gasteiger charge is 2.11. The molecule has 18 heavy (non-hydrogen) atoms. The smallest absolute Gasteiger partial charge is 0.306 e. The molecule has 0 aliphatic carbocycles. The topological polar surface area (TPSA) is 78.4 Å². The molecule has 0 aliphatic rings. The fourth-order valence-corrected chi connectivity index (χ4v) is 1.67. The first-order valence-electron chi connectivity index (χ1n) is 6.70. The van der Waals surface area contributed by atoms with E-state index in [0.29, 0.717) is 32.0 Å². The highest BCUT2D eigenvalue weighted by Crippen LogP contribution is 2.09. The normalized spacial score (nSPS) is 13.9. The molecule has 0 aliphatic heterocycles. The van der Waals surface area contributed by atoms with Crippen LogP contribution >= 0.6 is 0 Å². The molecule has 3 N–H and O–H groups in total. The Labute approximate surface area is 109 Å². The van der Waals surface area contributed by atoms with Gasteiger partial charge in [0.05, 0.1) is 5.92 Å². The van der Waals surface area contributed by atoms with Crippen molar-refractivity contribution in [2.45, 2.75) is 52.5 Å². The van der Waals surface area contributed by atoms with E-state index in [1.807, 2.05) is 6.92 Å². The number of carbonyl (C=O) groups is 2. The number of hydrogen-bond acceptors (Lipinski definition) is 3. The molecule has 0 fully saturated rings. The highest BCUT2D eigenvalue weighted by atomic mass is 16.4. The Hall–Kier alpha value is -1.10. The molecule has 0 radical (unpaired) electrons. The number of hydrogen-bond donors (Lipinski definition) is 3. The van der Waals surface area contributed by atoms with E-state index in [1.54, 1.807) is 6.92 Å². The number of nitrogens with one attached hydrogen (secondary N) is 2. The zero-order valence-electron chi connectivity index (χ0n) is 11.7. The molecule has 0 saturated heterocycles. The largest absolute Gasteiger partial charge is 0.481 e. The lowest BCUT2D eigenvalue weighted by molar-refractivity contribution is -0.141. The second kappa shape index (κ2) is 9.88. The third-order valence-electron chi connectivity index (χ3n) is 2.91. The van der Waals surface area contributed by atoms with E-state index in [-0.39, 0.29) is 11.8 Å². The average Bonchev–Trinajstić information content (AvgIpc) is 2.29. The van der Waals surface area contributed by atoms with Crippen molar-refractivity contribution < 1.29 is 14.7 Å². The maximum absolute atomic E-state index is 11.2. The van der Waals surface area contributed by atoms with Crippen LogP contribution in [0.4, 0.5) is 0 Å². The standard InChI is InChI=1S/C13H26N2O3/c1-4-14-12(16)8-9-15-11(3)7-5-6-10(2)13(17)18/h10-11,15H,4-9H2,1-3H3,(H,14,16)(H,17,18). The van der Waals surface area contributed by atoms with Crippen LogP contribution in [0.5, 0.6) is 0 Å². The summed E-state index contributed by atoms with van der Waals surface area (Å²) in [5.41, 5.74) is 0. The fourth-order valence-electron chi connectivity index (χ4n) is 1.67. The number of carbonyl (C=O) groups excluding carboxylic acids is 1. The fraction of sp³-hybridized carbons (Fsp3) is 0.846. The van der Waals surface area contributed by atoms with Crippen LogP contribution < -0.4 is 10.6 Å². The third-order valence-corrected chi connectivity index (χ3v) is 2.91. The van der Waals surface area contributed by atoms with Gasteiger partial charge in [0.1, 0.15) is 0 Å². The number of carboxylic acids is 1. The van der Waals surface area contributed by atoms with Crippen LogP contribution in [0.2, 0.25) is 0 Å². The van der Waals surface area contributed by atoms with Gasteiger partial charge in [0.25, 0.3) is 0 Å². The van der Waals surface area contributed by atoms with Gasteiger partial charge in [-0.15, -0.1) is 0 Å². The highest BCUT2D eigenvalue weighted by molar-refractivity contribution is 5.75. The van der Waals surface area contributed by atoms with Gasteiger partial charge in [-0.3, -0.25) is 9.59 Å². The molecule has 0 spiro atoms. The quantitative estimate of drug-likeness (QED) is 0.553. The van der Waals surface area contributed by atoms with Crippen LogP contribution in [0.1, 0.15) is 46.5 Å². The number of amides is 1. The molecule has 5 nitrogen and oxygen atoms in total. The summed E-state index contributed by atoms with van der Waals surface area (Å²) in [6, 6.07) is 0.320. The molecule has 2 unspecified atom stereocenters. The van der Waals surface area contributed by atoms with E-state index < -0.39 is 5.97 Å². The maximum atomic E-state index is 11.2. The van der Waals surface area contributed by atoms with Crippen molar-refractivity contribution in [3.8, 4) is 0 Å². The maximum Gasteiger partial charge on any atom is 0.306 e. The molecule has 0 aromatic heterocycles. The van der Waals surface area contributed by atoms with Gasteiger partial charge in [0.15, 0.2) is 0 Å². The zero-order chi connectivity index (χ0) is 14.0. The van der Waals surface area contributed by atoms with Gasteiger partial charge in [0, 0.05) is 25.6 Å². The van der Waals surface area contributed by atoms with Gasteiger partial charge in [-0.1, -0.05) is 13.3 Å². The second-order valence-corrected chi connectivity index (χ2v) is 4.73. The molecule has 0 heterocycles. The molecule has 0 bridgehead atoms. The summed E-state index contributed by atoms with van der Waals surface area (Å²) in [5, 5.41) is 14.8. The van der Waals surface area contributed by atoms with Crippen molar-refractivity contribution in [1.29, 1.82) is 0 Å². The van der Waals surface area contributed by atoms with Crippen molar-refractivity contribution in [3.63, 3.8) is 0 Å². The zero-order valence-corrected chi connectivity index (χ0v) is 11.7. The van der Waals surface area contributed by atoms with Crippen molar-refractivity contribution in [2.75, 3.05) is 13.1 Å². The van der Waals surface area contributed by atoms with Crippen LogP contribution in [0, 0.1) is 5.92 Å². The first-order valence-corrected chi connectivity index (χ1v) is 6.70. The first-order chi connectivity index (χ1) is 8.47. The van der Waals surface area contributed by atoms with Gasteiger partial charge in [-0.2, -0.15) is 0 Å². The van der Waals surface area contributed by atoms with E-state index in [4.69, 9.17) is 5.11 Å². The van der Waals surface area contributed by atoms with Crippen LogP contribution in [0.3, 0.4) is 0 Å². The van der Waals surface area contributed by atoms with Gasteiger partial charge in [-0.25, -0.2) is 0 Å². The summed E-state index contributed by atoms with van der Waals surface area (Å²) in [7, 11) is 0. The molecule has 0 saturated carbocycles. The van der Waals surface area contributed by atoms with Gasteiger partial charge >= 0.3 is 5.97 Å². The molecule has 2 atom stereocenters. The molecule has 0 aromatic carbocycles. The monoisotopic (exact) mass is 258 g/mol. The van der Waals surface area contributed by atoms with Crippen molar-refractivity contribution in [1.82, 2.24) is 10.6 Å². The summed E-state index contributed by atoms with van der Waals surface area (Å²) >= 11 is 0. The van der Waals surface area contributed by atoms with Crippen molar-refractivity contribution in [2.24, 2.45) is 5.92 Å². The average molecular weight is 258 g/mol. The van der Waals surface area contributed by atoms with Gasteiger partial charge in [-0.05, 0) is 26.7 Å². The van der Waals surface area contributed by atoms with Gasteiger partial charge in [0.2, 0.25) is 5.91 Å². The van der Waals surface area contributed by atoms with Crippen molar-refractivity contribution in [3.05, 3.63) is 0 Å². The van der Waals surface area contributed by atoms with E-state index in [9.17, 15) is 9.59 Å². The lowest BCUT2D eigenvalue weighted by Gasteiger charge is -2.14. The minimum absolute atomic E-state index is 0.0664. The number of aliphatic carboxylic acids is 1. The van der Waals surface area contributed by atoms with Crippen LogP contribution in [-0.2, 0) is 9.59 Å². The minimum Gasteiger partial charge on any atom is -0.481 e. The second-order valence-electron chi connectivity index (χ2n) is 4.73. The summed E-state index contributed by atoms with van der Waals surface area (Å²) in [6.45, 7) is 7.03. The molecular weight excluding hydrogens is 232 g/mol. The third kappa shape index (κ3) is 8.98. The summed E-state index contributed by atoms with van der Waals surface area (Å²) < 4.78 is 0. The molecule has 0 aromatic rings. The first kappa shape index (κ1) is 16.9. The minimum atomic E-state index is -0.730.